The average Bonchev–Trinajstić information content (AvgIpc) is 3.46. The van der Waals surface area contributed by atoms with Gasteiger partial charge in [-0.2, -0.15) is 0 Å². The fourth-order valence-corrected chi connectivity index (χ4v) is 7.00. The van der Waals surface area contributed by atoms with E-state index in [2.05, 4.69) is 77.9 Å². The summed E-state index contributed by atoms with van der Waals surface area (Å²) in [5.74, 6) is -3.21. The lowest BCUT2D eigenvalue weighted by Crippen LogP contribution is -2.45. The van der Waals surface area contributed by atoms with Crippen LogP contribution in [0.4, 0.5) is 0 Å². The Morgan fingerprint density at radius 2 is 1.72 bits per heavy atom. The van der Waals surface area contributed by atoms with Crippen molar-refractivity contribution in [2.24, 2.45) is 5.92 Å². The third kappa shape index (κ3) is 7.15. The summed E-state index contributed by atoms with van der Waals surface area (Å²) in [6, 6.07) is 19.7. The van der Waals surface area contributed by atoms with Crippen molar-refractivity contribution in [3.05, 3.63) is 77.2 Å². The molecule has 6 nitrogen and oxygen atoms in total. The van der Waals surface area contributed by atoms with Crippen LogP contribution in [-0.4, -0.2) is 57.9 Å². The topological polar surface area (TPSA) is 98.1 Å². The van der Waals surface area contributed by atoms with Gasteiger partial charge in [-0.15, -0.1) is 11.3 Å². The SMILES string of the molecule is CC(CCN1CC=C(c2cccc3ccsc23)CC1)(c1ccccc1)C(O)C1CCCCC1.O=C(O)C(=O)O. The molecule has 208 valence electrons. The van der Waals surface area contributed by atoms with E-state index in [-0.39, 0.29) is 11.5 Å². The molecule has 7 heteroatoms. The van der Waals surface area contributed by atoms with E-state index in [4.69, 9.17) is 19.8 Å². The van der Waals surface area contributed by atoms with Crippen molar-refractivity contribution in [2.45, 2.75) is 63.4 Å². The number of aliphatic hydroxyl groups is 1. The van der Waals surface area contributed by atoms with Gasteiger partial charge in [-0.1, -0.05) is 80.8 Å². The first kappa shape index (κ1) is 29.0. The Morgan fingerprint density at radius 1 is 1.00 bits per heavy atom. The minimum atomic E-state index is -1.82. The summed E-state index contributed by atoms with van der Waals surface area (Å²) in [7, 11) is 0. The van der Waals surface area contributed by atoms with E-state index >= 15 is 0 Å². The first-order valence-electron chi connectivity index (χ1n) is 13.9. The normalized spacial score (nSPS) is 18.9. The zero-order valence-electron chi connectivity index (χ0n) is 22.6. The third-order valence-electron chi connectivity index (χ3n) is 8.43. The molecule has 0 amide bonds. The molecule has 0 saturated heterocycles. The van der Waals surface area contributed by atoms with Crippen molar-refractivity contribution < 1.29 is 24.9 Å². The Hall–Kier alpha value is -3.00. The van der Waals surface area contributed by atoms with E-state index in [1.165, 1.54) is 58.9 Å². The van der Waals surface area contributed by atoms with Gasteiger partial charge in [-0.3, -0.25) is 4.90 Å². The molecule has 0 spiro atoms. The van der Waals surface area contributed by atoms with Crippen LogP contribution in [0.1, 0.15) is 63.0 Å². The first-order chi connectivity index (χ1) is 18.8. The Balaban J connectivity index is 0.000000531. The summed E-state index contributed by atoms with van der Waals surface area (Å²) >= 11 is 1.85. The summed E-state index contributed by atoms with van der Waals surface area (Å²) in [5.41, 5.74) is 4.01. The highest BCUT2D eigenvalue weighted by Gasteiger charge is 2.39. The molecule has 2 unspecified atom stereocenters. The molecule has 1 saturated carbocycles. The molecule has 2 aromatic carbocycles. The lowest BCUT2D eigenvalue weighted by atomic mass is 9.67. The number of hydrogen-bond donors (Lipinski definition) is 3. The lowest BCUT2D eigenvalue weighted by molar-refractivity contribution is -0.159. The molecule has 5 rings (SSSR count). The van der Waals surface area contributed by atoms with Crippen LogP contribution in [0.3, 0.4) is 0 Å². The lowest BCUT2D eigenvalue weighted by Gasteiger charge is -2.42. The largest absolute Gasteiger partial charge is 0.473 e. The van der Waals surface area contributed by atoms with Crippen LogP contribution in [0.5, 0.6) is 0 Å². The van der Waals surface area contributed by atoms with E-state index in [0.717, 1.165) is 32.5 Å². The molecular weight excluding hydrogens is 510 g/mol. The van der Waals surface area contributed by atoms with Crippen LogP contribution in [0, 0.1) is 5.92 Å². The van der Waals surface area contributed by atoms with Crippen LogP contribution < -0.4 is 0 Å². The standard InChI is InChI=1S/C30H37NOS.C2H2O4/c1-30(26-12-6-3-7-13-26,29(32)25-9-4-2-5-10-25)18-21-31-19-15-23(16-20-31)27-14-8-11-24-17-22-33-28(24)27;3-1(4)2(5)6/h3,6-8,11-15,17,22,25,29,32H,2,4-5,9-10,16,18-21H2,1H3;(H,3,4)(H,5,6). The summed E-state index contributed by atoms with van der Waals surface area (Å²) in [4.78, 5) is 20.8. The molecule has 3 N–H and O–H groups in total. The molecule has 2 atom stereocenters. The van der Waals surface area contributed by atoms with Gasteiger partial charge in [0.2, 0.25) is 0 Å². The molecule has 2 aliphatic rings. The maximum atomic E-state index is 11.6. The number of carboxylic acid groups (broad SMARTS) is 2. The third-order valence-corrected chi connectivity index (χ3v) is 9.39. The molecule has 0 radical (unpaired) electrons. The smallest absolute Gasteiger partial charge is 0.414 e. The minimum absolute atomic E-state index is 0.199. The van der Waals surface area contributed by atoms with Gasteiger partial charge in [-0.25, -0.2) is 9.59 Å². The second-order valence-corrected chi connectivity index (χ2v) is 11.8. The van der Waals surface area contributed by atoms with Gasteiger partial charge in [0.05, 0.1) is 6.10 Å². The Labute approximate surface area is 234 Å². The fourth-order valence-electron chi connectivity index (χ4n) is 6.05. The van der Waals surface area contributed by atoms with E-state index in [1.807, 2.05) is 11.3 Å². The Kier molecular flexibility index (Phi) is 9.94. The van der Waals surface area contributed by atoms with Gasteiger partial charge in [0, 0.05) is 23.2 Å². The van der Waals surface area contributed by atoms with Crippen molar-refractivity contribution in [2.75, 3.05) is 19.6 Å². The molecule has 1 aliphatic heterocycles. The van der Waals surface area contributed by atoms with Crippen LogP contribution in [0.15, 0.2) is 66.1 Å². The van der Waals surface area contributed by atoms with E-state index in [0.29, 0.717) is 5.92 Å². The van der Waals surface area contributed by atoms with Crippen LogP contribution in [-0.2, 0) is 15.0 Å². The molecule has 1 aliphatic carbocycles. The summed E-state index contributed by atoms with van der Waals surface area (Å²) in [6.45, 7) is 5.44. The summed E-state index contributed by atoms with van der Waals surface area (Å²) < 4.78 is 1.42. The maximum Gasteiger partial charge on any atom is 0.414 e. The monoisotopic (exact) mass is 549 g/mol. The molecule has 39 heavy (non-hydrogen) atoms. The van der Waals surface area contributed by atoms with Gasteiger partial charge < -0.3 is 15.3 Å². The van der Waals surface area contributed by atoms with Gasteiger partial charge >= 0.3 is 11.9 Å². The Bertz CT molecular complexity index is 1270. The minimum Gasteiger partial charge on any atom is -0.473 e. The Morgan fingerprint density at radius 3 is 2.36 bits per heavy atom. The van der Waals surface area contributed by atoms with Gasteiger partial charge in [0.25, 0.3) is 0 Å². The van der Waals surface area contributed by atoms with Gasteiger partial charge in [0.1, 0.15) is 0 Å². The van der Waals surface area contributed by atoms with Crippen molar-refractivity contribution in [3.63, 3.8) is 0 Å². The van der Waals surface area contributed by atoms with E-state index < -0.39 is 11.9 Å². The quantitative estimate of drug-likeness (QED) is 0.294. The van der Waals surface area contributed by atoms with E-state index in [9.17, 15) is 5.11 Å². The second-order valence-electron chi connectivity index (χ2n) is 10.9. The molecule has 1 fully saturated rings. The number of aliphatic hydroxyl groups excluding tert-OH is 1. The van der Waals surface area contributed by atoms with Crippen LogP contribution in [0.25, 0.3) is 15.7 Å². The zero-order chi connectivity index (χ0) is 27.8. The number of rotatable bonds is 7. The molecule has 0 bridgehead atoms. The molecule has 3 aromatic rings. The van der Waals surface area contributed by atoms with Crippen molar-refractivity contribution in [1.29, 1.82) is 0 Å². The first-order valence-corrected chi connectivity index (χ1v) is 14.8. The summed E-state index contributed by atoms with van der Waals surface area (Å²) in [6.07, 6.45) is 10.5. The van der Waals surface area contributed by atoms with Crippen molar-refractivity contribution in [1.82, 2.24) is 4.90 Å². The number of nitrogens with zero attached hydrogens (tertiary/aromatic N) is 1. The molecule has 1 aromatic heterocycles. The highest BCUT2D eigenvalue weighted by Crippen LogP contribution is 2.40. The predicted octanol–water partition coefficient (Wildman–Crippen LogP) is 6.44. The van der Waals surface area contributed by atoms with Crippen LogP contribution >= 0.6 is 11.3 Å². The molecular formula is C32H39NO5S. The predicted molar refractivity (Wildman–Crippen MR) is 157 cm³/mol. The molecule has 2 heterocycles. The van der Waals surface area contributed by atoms with Crippen LogP contribution in [0.2, 0.25) is 0 Å². The number of thiophene rings is 1. The maximum absolute atomic E-state index is 11.6. The number of aliphatic carboxylic acids is 2. The second kappa shape index (κ2) is 13.4. The highest BCUT2D eigenvalue weighted by molar-refractivity contribution is 7.17. The van der Waals surface area contributed by atoms with Crippen molar-refractivity contribution >= 4 is 38.9 Å². The zero-order valence-corrected chi connectivity index (χ0v) is 23.4. The fraction of sp³-hybridized carbons (Fsp3) is 0.438. The van der Waals surface area contributed by atoms with Gasteiger partial charge in [0.15, 0.2) is 0 Å². The van der Waals surface area contributed by atoms with E-state index in [1.54, 1.807) is 0 Å². The van der Waals surface area contributed by atoms with Gasteiger partial charge in [-0.05, 0) is 71.7 Å². The number of fused-ring (bicyclic) bond motifs is 1. The number of carbonyl (C=O) groups is 2. The highest BCUT2D eigenvalue weighted by atomic mass is 32.1. The number of benzene rings is 2. The summed E-state index contributed by atoms with van der Waals surface area (Å²) in [5, 5.41) is 30.0. The van der Waals surface area contributed by atoms with Crippen molar-refractivity contribution in [3.8, 4) is 0 Å². The number of hydrogen-bond acceptors (Lipinski definition) is 5. The average molecular weight is 550 g/mol. The number of carboxylic acids is 2.